The van der Waals surface area contributed by atoms with Crippen LogP contribution in [0.4, 0.5) is 0 Å². The highest BCUT2D eigenvalue weighted by Gasteiger charge is 2.19. The molecule has 0 amide bonds. The molecule has 1 radical (unpaired) electrons. The zero-order chi connectivity index (χ0) is 5.82. The fourth-order valence-electron chi connectivity index (χ4n) is 0.496. The standard InChI is InChI=1S/C8H7/c1-2-3-4-5-8-6-7-8/h1,6,8H,5,7H2. The molecule has 39 valence electrons. The van der Waals surface area contributed by atoms with Gasteiger partial charge in [0.05, 0.1) is 0 Å². The lowest BCUT2D eigenvalue weighted by molar-refractivity contribution is 0.915. The first-order chi connectivity index (χ1) is 3.93. The van der Waals surface area contributed by atoms with Crippen molar-refractivity contribution in [1.29, 1.82) is 0 Å². The summed E-state index contributed by atoms with van der Waals surface area (Å²) in [5.41, 5.74) is 0. The van der Waals surface area contributed by atoms with E-state index in [0.717, 1.165) is 12.3 Å². The van der Waals surface area contributed by atoms with E-state index in [0.29, 0.717) is 0 Å². The van der Waals surface area contributed by atoms with Gasteiger partial charge in [0, 0.05) is 6.42 Å². The van der Waals surface area contributed by atoms with E-state index < -0.39 is 0 Å². The van der Waals surface area contributed by atoms with E-state index >= 15 is 0 Å². The molecule has 0 heteroatoms. The Balaban J connectivity index is 2.12. The monoisotopic (exact) mass is 103 g/mol. The largest absolute Gasteiger partial charge is 0.106 e. The first kappa shape index (κ1) is 5.26. The van der Waals surface area contributed by atoms with E-state index in [9.17, 15) is 0 Å². The third kappa shape index (κ3) is 1.71. The average Bonchev–Trinajstić information content (AvgIpc) is 2.51. The Morgan fingerprint density at radius 3 is 3.00 bits per heavy atom. The van der Waals surface area contributed by atoms with E-state index in [4.69, 9.17) is 6.42 Å². The van der Waals surface area contributed by atoms with E-state index in [1.807, 2.05) is 0 Å². The Labute approximate surface area is 50.3 Å². The Morgan fingerprint density at radius 2 is 2.50 bits per heavy atom. The molecule has 0 N–H and O–H groups in total. The van der Waals surface area contributed by atoms with Crippen LogP contribution in [0.1, 0.15) is 12.8 Å². The molecule has 8 heavy (non-hydrogen) atoms. The van der Waals surface area contributed by atoms with Gasteiger partial charge in [0.2, 0.25) is 0 Å². The van der Waals surface area contributed by atoms with Crippen molar-refractivity contribution in [3.8, 4) is 24.2 Å². The third-order valence-corrected chi connectivity index (χ3v) is 1.09. The molecule has 0 aromatic carbocycles. The van der Waals surface area contributed by atoms with Crippen molar-refractivity contribution in [2.45, 2.75) is 12.8 Å². The van der Waals surface area contributed by atoms with Gasteiger partial charge in [-0.2, -0.15) is 0 Å². The lowest BCUT2D eigenvalue weighted by atomic mass is 10.3. The quantitative estimate of drug-likeness (QED) is 0.438. The summed E-state index contributed by atoms with van der Waals surface area (Å²) in [6.07, 6.45) is 9.34. The average molecular weight is 103 g/mol. The number of hydrogen-bond donors (Lipinski definition) is 0. The summed E-state index contributed by atoms with van der Waals surface area (Å²) in [7, 11) is 0. The normalized spacial score (nSPS) is 15.9. The zero-order valence-corrected chi connectivity index (χ0v) is 4.65. The predicted molar refractivity (Wildman–Crippen MR) is 33.6 cm³/mol. The van der Waals surface area contributed by atoms with Gasteiger partial charge in [0.1, 0.15) is 0 Å². The summed E-state index contributed by atoms with van der Waals surface area (Å²) in [5, 5.41) is 0. The Kier molecular flexibility index (Phi) is 1.60. The molecule has 1 aliphatic carbocycles. The number of hydrogen-bond acceptors (Lipinski definition) is 0. The van der Waals surface area contributed by atoms with Gasteiger partial charge in [-0.25, -0.2) is 0 Å². The third-order valence-electron chi connectivity index (χ3n) is 1.09. The van der Waals surface area contributed by atoms with E-state index in [1.165, 1.54) is 6.42 Å². The van der Waals surface area contributed by atoms with Crippen LogP contribution in [0.2, 0.25) is 0 Å². The minimum atomic E-state index is 0.760. The van der Waals surface area contributed by atoms with Crippen LogP contribution >= 0.6 is 0 Å². The molecule has 1 aliphatic rings. The maximum absolute atomic E-state index is 4.90. The molecular weight excluding hydrogens is 96.1 g/mol. The first-order valence-corrected chi connectivity index (χ1v) is 2.70. The van der Waals surface area contributed by atoms with Crippen LogP contribution in [0, 0.1) is 36.5 Å². The molecule has 0 aromatic heterocycles. The maximum Gasteiger partial charge on any atom is 0.0130 e. The Hall–Kier alpha value is -0.880. The zero-order valence-electron chi connectivity index (χ0n) is 4.65. The van der Waals surface area contributed by atoms with Gasteiger partial charge in [0.25, 0.3) is 0 Å². The summed E-state index contributed by atoms with van der Waals surface area (Å²) < 4.78 is 0. The Bertz CT molecular complexity index is 157. The highest BCUT2D eigenvalue weighted by molar-refractivity contribution is 5.22. The second-order valence-corrected chi connectivity index (χ2v) is 1.88. The molecule has 0 aliphatic heterocycles. The van der Waals surface area contributed by atoms with Crippen LogP contribution < -0.4 is 0 Å². The van der Waals surface area contributed by atoms with E-state index in [1.54, 1.807) is 0 Å². The molecule has 0 saturated heterocycles. The van der Waals surface area contributed by atoms with Crippen molar-refractivity contribution in [3.05, 3.63) is 6.42 Å². The summed E-state index contributed by atoms with van der Waals surface area (Å²) in [5.74, 6) is 8.49. The molecule has 1 saturated carbocycles. The molecule has 1 rings (SSSR count). The van der Waals surface area contributed by atoms with Crippen LogP contribution in [-0.4, -0.2) is 0 Å². The molecule has 1 atom stereocenters. The smallest absolute Gasteiger partial charge is 0.0130 e. The Morgan fingerprint density at radius 1 is 1.75 bits per heavy atom. The molecule has 0 nitrogen and oxygen atoms in total. The molecule has 0 bridgehead atoms. The van der Waals surface area contributed by atoms with Crippen molar-refractivity contribution >= 4 is 0 Å². The van der Waals surface area contributed by atoms with Crippen LogP contribution in [0.3, 0.4) is 0 Å². The van der Waals surface area contributed by atoms with Gasteiger partial charge in [0.15, 0.2) is 0 Å². The van der Waals surface area contributed by atoms with Crippen molar-refractivity contribution in [2.75, 3.05) is 0 Å². The van der Waals surface area contributed by atoms with Crippen LogP contribution in [0.15, 0.2) is 0 Å². The molecule has 0 spiro atoms. The lowest BCUT2D eigenvalue weighted by Gasteiger charge is -1.75. The molecule has 1 fully saturated rings. The van der Waals surface area contributed by atoms with E-state index in [2.05, 4.69) is 24.2 Å². The SMILES string of the molecule is C#CC#CCC1[CH]C1. The van der Waals surface area contributed by atoms with Crippen molar-refractivity contribution in [2.24, 2.45) is 5.92 Å². The molecule has 0 heterocycles. The van der Waals surface area contributed by atoms with Gasteiger partial charge < -0.3 is 0 Å². The first-order valence-electron chi connectivity index (χ1n) is 2.70. The summed E-state index contributed by atoms with van der Waals surface area (Å²) in [6.45, 7) is 0. The van der Waals surface area contributed by atoms with Gasteiger partial charge in [-0.05, 0) is 30.6 Å². The molecule has 1 unspecified atom stereocenters. The second kappa shape index (κ2) is 2.43. The number of terminal acetylenes is 1. The molecule has 0 aromatic rings. The minimum Gasteiger partial charge on any atom is -0.106 e. The summed E-state index contributed by atoms with van der Waals surface area (Å²) in [6, 6.07) is 0. The van der Waals surface area contributed by atoms with Crippen molar-refractivity contribution in [3.63, 3.8) is 0 Å². The molecular formula is C8H7. The minimum absolute atomic E-state index is 0.760. The number of rotatable bonds is 1. The van der Waals surface area contributed by atoms with Gasteiger partial charge in [-0.15, -0.1) is 6.42 Å². The van der Waals surface area contributed by atoms with Crippen molar-refractivity contribution < 1.29 is 0 Å². The van der Waals surface area contributed by atoms with E-state index in [-0.39, 0.29) is 0 Å². The lowest BCUT2D eigenvalue weighted by Crippen LogP contribution is -1.66. The fraction of sp³-hybridized carbons (Fsp3) is 0.375. The van der Waals surface area contributed by atoms with Crippen LogP contribution in [0.25, 0.3) is 0 Å². The fourth-order valence-corrected chi connectivity index (χ4v) is 0.496. The summed E-state index contributed by atoms with van der Waals surface area (Å²) in [4.78, 5) is 0. The maximum atomic E-state index is 4.90. The second-order valence-electron chi connectivity index (χ2n) is 1.88. The van der Waals surface area contributed by atoms with Crippen LogP contribution in [-0.2, 0) is 0 Å². The predicted octanol–water partition coefficient (Wildman–Crippen LogP) is 1.24. The summed E-state index contributed by atoms with van der Waals surface area (Å²) >= 11 is 0. The van der Waals surface area contributed by atoms with Gasteiger partial charge in [-0.3, -0.25) is 0 Å². The topological polar surface area (TPSA) is 0 Å². The van der Waals surface area contributed by atoms with Crippen LogP contribution in [0.5, 0.6) is 0 Å². The van der Waals surface area contributed by atoms with Gasteiger partial charge in [-0.1, -0.05) is 5.92 Å². The highest BCUT2D eigenvalue weighted by Crippen LogP contribution is 2.29. The van der Waals surface area contributed by atoms with Crippen molar-refractivity contribution in [1.82, 2.24) is 0 Å². The van der Waals surface area contributed by atoms with Gasteiger partial charge >= 0.3 is 0 Å². The highest BCUT2D eigenvalue weighted by atomic mass is 14.2.